The van der Waals surface area contributed by atoms with Gasteiger partial charge in [-0.2, -0.15) is 5.10 Å². The summed E-state index contributed by atoms with van der Waals surface area (Å²) >= 11 is 0. The summed E-state index contributed by atoms with van der Waals surface area (Å²) in [5, 5.41) is 6.81. The molecule has 1 saturated heterocycles. The van der Waals surface area contributed by atoms with Crippen molar-refractivity contribution in [3.05, 3.63) is 83.6 Å². The highest BCUT2D eigenvalue weighted by atomic mass is 19.1. The average Bonchev–Trinajstić information content (AvgIpc) is 3.30. The molecule has 35 heavy (non-hydrogen) atoms. The van der Waals surface area contributed by atoms with Gasteiger partial charge in [0.05, 0.1) is 11.4 Å². The molecule has 1 atom stereocenters. The van der Waals surface area contributed by atoms with Crippen LogP contribution in [0.4, 0.5) is 10.2 Å². The molecule has 1 amide bonds. The fourth-order valence-corrected chi connectivity index (χ4v) is 4.62. The second-order valence-corrected chi connectivity index (χ2v) is 8.46. The smallest absolute Gasteiger partial charge is 0.288 e. The number of nitrogen functional groups attached to an aromatic ring is 1. The molecule has 2 aromatic carbocycles. The Morgan fingerprint density at radius 2 is 2.06 bits per heavy atom. The van der Waals surface area contributed by atoms with Crippen molar-refractivity contribution in [2.45, 2.75) is 18.9 Å². The fraction of sp³-hybridized carbons (Fsp3) is 0.192. The van der Waals surface area contributed by atoms with Gasteiger partial charge in [-0.15, -0.1) is 0 Å². The number of anilines is 1. The zero-order valence-electron chi connectivity index (χ0n) is 18.9. The molecule has 8 nitrogen and oxygen atoms in total. The first-order valence-electron chi connectivity index (χ1n) is 11.3. The summed E-state index contributed by atoms with van der Waals surface area (Å²) in [7, 11) is 0. The predicted octanol–water partition coefficient (Wildman–Crippen LogP) is 4.25. The van der Waals surface area contributed by atoms with Crippen molar-refractivity contribution in [2.24, 2.45) is 0 Å². The second kappa shape index (κ2) is 9.09. The predicted molar refractivity (Wildman–Crippen MR) is 132 cm³/mol. The second-order valence-electron chi connectivity index (χ2n) is 8.46. The molecule has 0 spiro atoms. The Morgan fingerprint density at radius 3 is 2.80 bits per heavy atom. The number of nitrogens with one attached hydrogen (secondary N) is 1. The van der Waals surface area contributed by atoms with Gasteiger partial charge in [0.15, 0.2) is 17.4 Å². The summed E-state index contributed by atoms with van der Waals surface area (Å²) in [4.78, 5) is 26.8. The normalized spacial score (nSPS) is 15.8. The number of hydrogen-bond donors (Lipinski definition) is 2. The van der Waals surface area contributed by atoms with Crippen LogP contribution in [0.25, 0.3) is 22.0 Å². The zero-order chi connectivity index (χ0) is 24.5. The van der Waals surface area contributed by atoms with Crippen molar-refractivity contribution >= 4 is 22.6 Å². The van der Waals surface area contributed by atoms with Gasteiger partial charge in [0.25, 0.3) is 5.56 Å². The molecule has 9 heteroatoms. The number of aromatic nitrogens is 3. The van der Waals surface area contributed by atoms with E-state index in [1.807, 2.05) is 10.6 Å². The van der Waals surface area contributed by atoms with Crippen molar-refractivity contribution in [3.63, 3.8) is 0 Å². The van der Waals surface area contributed by atoms with Crippen molar-refractivity contribution in [3.8, 4) is 22.6 Å². The molecule has 178 valence electrons. The SMILES string of the molecule is C=CC(=O)N1CCCC(n2cc(-c3ccc(Oc4ccccc4)c(F)c3)c3c(N)n[nH]c(=O)c32)C1. The first kappa shape index (κ1) is 22.4. The van der Waals surface area contributed by atoms with E-state index in [4.69, 9.17) is 10.5 Å². The number of ether oxygens (including phenoxy) is 1. The Kier molecular flexibility index (Phi) is 5.82. The van der Waals surface area contributed by atoms with Gasteiger partial charge in [-0.25, -0.2) is 9.49 Å². The Balaban J connectivity index is 1.58. The van der Waals surface area contributed by atoms with Gasteiger partial charge in [0, 0.05) is 24.8 Å². The number of likely N-dealkylation sites (tertiary alicyclic amines) is 1. The number of hydrogen-bond acceptors (Lipinski definition) is 5. The van der Waals surface area contributed by atoms with E-state index in [1.54, 1.807) is 47.5 Å². The van der Waals surface area contributed by atoms with Gasteiger partial charge in [0.1, 0.15) is 11.3 Å². The number of fused-ring (bicyclic) bond motifs is 1. The third-order valence-corrected chi connectivity index (χ3v) is 6.27. The quantitative estimate of drug-likeness (QED) is 0.422. The van der Waals surface area contributed by atoms with E-state index in [9.17, 15) is 9.59 Å². The molecule has 1 unspecified atom stereocenters. The van der Waals surface area contributed by atoms with Crippen LogP contribution < -0.4 is 16.0 Å². The largest absolute Gasteiger partial charge is 0.454 e. The number of rotatable bonds is 5. The summed E-state index contributed by atoms with van der Waals surface area (Å²) < 4.78 is 22.5. The van der Waals surface area contributed by atoms with E-state index < -0.39 is 11.4 Å². The van der Waals surface area contributed by atoms with Gasteiger partial charge in [-0.1, -0.05) is 30.8 Å². The lowest BCUT2D eigenvalue weighted by Crippen LogP contribution is -2.40. The molecule has 0 aliphatic carbocycles. The molecule has 1 aliphatic rings. The zero-order valence-corrected chi connectivity index (χ0v) is 18.9. The van der Waals surface area contributed by atoms with Crippen molar-refractivity contribution in [1.82, 2.24) is 19.7 Å². The minimum Gasteiger partial charge on any atom is -0.454 e. The Labute approximate surface area is 200 Å². The number of piperidine rings is 1. The topological polar surface area (TPSA) is 106 Å². The molecule has 1 aliphatic heterocycles. The lowest BCUT2D eigenvalue weighted by atomic mass is 10.1. The van der Waals surface area contributed by atoms with Gasteiger partial charge < -0.3 is 19.9 Å². The van der Waals surface area contributed by atoms with Crippen molar-refractivity contribution in [1.29, 1.82) is 0 Å². The van der Waals surface area contributed by atoms with E-state index in [1.165, 1.54) is 12.1 Å². The van der Waals surface area contributed by atoms with Gasteiger partial charge in [-0.05, 0) is 48.7 Å². The first-order valence-corrected chi connectivity index (χ1v) is 11.3. The van der Waals surface area contributed by atoms with Crippen LogP contribution in [0.3, 0.4) is 0 Å². The molecule has 2 aromatic heterocycles. The fourth-order valence-electron chi connectivity index (χ4n) is 4.62. The number of H-pyrrole nitrogens is 1. The Hall–Kier alpha value is -4.40. The summed E-state index contributed by atoms with van der Waals surface area (Å²) in [5.74, 6) is 0.0277. The minimum atomic E-state index is -0.552. The van der Waals surface area contributed by atoms with Gasteiger partial charge in [-0.3, -0.25) is 9.59 Å². The van der Waals surface area contributed by atoms with Crippen LogP contribution >= 0.6 is 0 Å². The molecule has 3 N–H and O–H groups in total. The van der Waals surface area contributed by atoms with Crippen LogP contribution in [0.1, 0.15) is 18.9 Å². The van der Waals surface area contributed by atoms with Crippen LogP contribution in [0.5, 0.6) is 11.5 Å². The van der Waals surface area contributed by atoms with E-state index in [2.05, 4.69) is 16.8 Å². The summed E-state index contributed by atoms with van der Waals surface area (Å²) in [5.41, 5.74) is 7.23. The number of para-hydroxylation sites is 1. The molecule has 5 rings (SSSR count). The number of carbonyl (C=O) groups excluding carboxylic acids is 1. The molecular weight excluding hydrogens is 449 g/mol. The summed E-state index contributed by atoms with van der Waals surface area (Å²) in [6, 6.07) is 13.4. The lowest BCUT2D eigenvalue weighted by Gasteiger charge is -2.33. The summed E-state index contributed by atoms with van der Waals surface area (Å²) in [6.07, 6.45) is 4.62. The molecule has 0 bridgehead atoms. The monoisotopic (exact) mass is 473 g/mol. The van der Waals surface area contributed by atoms with Crippen LogP contribution in [0, 0.1) is 5.82 Å². The molecule has 0 radical (unpaired) electrons. The maximum atomic E-state index is 15.0. The van der Waals surface area contributed by atoms with E-state index in [-0.39, 0.29) is 23.5 Å². The van der Waals surface area contributed by atoms with Crippen LogP contribution in [-0.4, -0.2) is 38.7 Å². The molecule has 4 aromatic rings. The van der Waals surface area contributed by atoms with Crippen LogP contribution in [-0.2, 0) is 4.79 Å². The van der Waals surface area contributed by atoms with Gasteiger partial charge >= 0.3 is 0 Å². The number of nitrogens with two attached hydrogens (primary N) is 1. The highest BCUT2D eigenvalue weighted by molar-refractivity contribution is 6.02. The third-order valence-electron chi connectivity index (χ3n) is 6.27. The number of halogens is 1. The highest BCUT2D eigenvalue weighted by Crippen LogP contribution is 2.37. The van der Waals surface area contributed by atoms with Crippen molar-refractivity contribution in [2.75, 3.05) is 18.8 Å². The third kappa shape index (κ3) is 4.16. The Morgan fingerprint density at radius 1 is 1.26 bits per heavy atom. The van der Waals surface area contributed by atoms with Crippen molar-refractivity contribution < 1.29 is 13.9 Å². The molecule has 3 heterocycles. The van der Waals surface area contributed by atoms with E-state index >= 15 is 4.39 Å². The average molecular weight is 474 g/mol. The Bertz CT molecular complexity index is 1480. The number of amides is 1. The molecule has 1 fully saturated rings. The number of aromatic amines is 1. The number of nitrogens with zero attached hydrogens (tertiary/aromatic N) is 3. The van der Waals surface area contributed by atoms with E-state index in [0.717, 1.165) is 12.8 Å². The van der Waals surface area contributed by atoms with Gasteiger partial charge in [0.2, 0.25) is 5.91 Å². The standard InChI is InChI=1S/C26H24FN5O3/c1-2-22(33)31-12-6-7-17(14-31)32-15-19(23-24(32)26(34)30-29-25(23)28)16-10-11-21(20(27)13-16)35-18-8-4-3-5-9-18/h2-5,8-11,13,15,17H,1,6-7,12,14H2,(H2,28,29)(H,30,34). The van der Waals surface area contributed by atoms with Crippen LogP contribution in [0.15, 0.2) is 72.2 Å². The maximum absolute atomic E-state index is 15.0. The number of benzene rings is 2. The molecule has 0 saturated carbocycles. The summed E-state index contributed by atoms with van der Waals surface area (Å²) in [6.45, 7) is 4.62. The van der Waals surface area contributed by atoms with Crippen LogP contribution in [0.2, 0.25) is 0 Å². The number of carbonyl (C=O) groups is 1. The highest BCUT2D eigenvalue weighted by Gasteiger charge is 2.27. The molecular formula is C26H24FN5O3. The minimum absolute atomic E-state index is 0.0819. The first-order chi connectivity index (χ1) is 17.0. The lowest BCUT2D eigenvalue weighted by molar-refractivity contribution is -0.127. The van der Waals surface area contributed by atoms with E-state index in [0.29, 0.717) is 40.9 Å². The maximum Gasteiger partial charge on any atom is 0.288 e.